The average molecular weight is 258 g/mol. The van der Waals surface area contributed by atoms with E-state index >= 15 is 0 Å². The number of pyridine rings is 2. The highest BCUT2D eigenvalue weighted by Crippen LogP contribution is 2.24. The van der Waals surface area contributed by atoms with Crippen molar-refractivity contribution < 1.29 is 9.53 Å². The predicted molar refractivity (Wildman–Crippen MR) is 72.2 cm³/mol. The van der Waals surface area contributed by atoms with E-state index in [0.29, 0.717) is 5.82 Å². The summed E-state index contributed by atoms with van der Waals surface area (Å²) in [5.41, 5.74) is 8.07. The van der Waals surface area contributed by atoms with Crippen LogP contribution in [0, 0.1) is 6.92 Å². The predicted octanol–water partition coefficient (Wildman–Crippen LogP) is 1.90. The summed E-state index contributed by atoms with van der Waals surface area (Å²) in [6, 6.07) is 5.23. The molecule has 0 bridgehead atoms. The van der Waals surface area contributed by atoms with Gasteiger partial charge in [-0.05, 0) is 25.1 Å². The van der Waals surface area contributed by atoms with Gasteiger partial charge in [0.2, 0.25) is 0 Å². The largest absolute Gasteiger partial charge is 0.465 e. The van der Waals surface area contributed by atoms with Gasteiger partial charge in [0.25, 0.3) is 0 Å². The fourth-order valence-corrected chi connectivity index (χ4v) is 1.54. The van der Waals surface area contributed by atoms with Crippen LogP contribution in [0.4, 0.5) is 17.2 Å². The van der Waals surface area contributed by atoms with E-state index < -0.39 is 5.97 Å². The molecule has 3 N–H and O–H groups in total. The molecule has 0 fully saturated rings. The Morgan fingerprint density at radius 2 is 2.11 bits per heavy atom. The van der Waals surface area contributed by atoms with Crippen molar-refractivity contribution in [2.75, 3.05) is 18.2 Å². The van der Waals surface area contributed by atoms with Crippen molar-refractivity contribution in [3.05, 3.63) is 41.9 Å². The van der Waals surface area contributed by atoms with E-state index in [1.54, 1.807) is 6.20 Å². The number of nitrogens with zero attached hydrogens (tertiary/aromatic N) is 2. The third kappa shape index (κ3) is 2.79. The number of nitrogens with one attached hydrogen (secondary N) is 1. The van der Waals surface area contributed by atoms with Gasteiger partial charge in [0.15, 0.2) is 5.82 Å². The number of aryl methyl sites for hydroxylation is 1. The second-order valence-corrected chi connectivity index (χ2v) is 3.93. The molecule has 0 saturated carbocycles. The molecule has 98 valence electrons. The first-order chi connectivity index (χ1) is 9.11. The highest BCUT2D eigenvalue weighted by atomic mass is 16.5. The Kier molecular flexibility index (Phi) is 3.61. The molecule has 0 aliphatic heterocycles. The molecule has 0 saturated heterocycles. The van der Waals surface area contributed by atoms with Gasteiger partial charge in [-0.25, -0.2) is 9.78 Å². The lowest BCUT2D eigenvalue weighted by Gasteiger charge is -2.10. The van der Waals surface area contributed by atoms with E-state index in [1.165, 1.54) is 19.4 Å². The fourth-order valence-electron chi connectivity index (χ4n) is 1.54. The fraction of sp³-hybridized carbons (Fsp3) is 0.154. The van der Waals surface area contributed by atoms with E-state index in [1.807, 2.05) is 19.1 Å². The minimum Gasteiger partial charge on any atom is -0.465 e. The Bertz CT molecular complexity index is 596. The quantitative estimate of drug-likeness (QED) is 0.817. The molecule has 0 radical (unpaired) electrons. The number of carbonyl (C=O) groups excluding carboxylic acids is 1. The molecule has 0 aliphatic carbocycles. The van der Waals surface area contributed by atoms with E-state index in [0.717, 1.165) is 11.4 Å². The van der Waals surface area contributed by atoms with Gasteiger partial charge in [-0.1, -0.05) is 0 Å². The molecule has 0 aliphatic rings. The molecule has 2 aromatic rings. The first-order valence-electron chi connectivity index (χ1n) is 5.64. The van der Waals surface area contributed by atoms with E-state index in [2.05, 4.69) is 20.0 Å². The van der Waals surface area contributed by atoms with Gasteiger partial charge < -0.3 is 15.8 Å². The summed E-state index contributed by atoms with van der Waals surface area (Å²) in [5.74, 6) is -0.0986. The maximum Gasteiger partial charge on any atom is 0.340 e. The van der Waals surface area contributed by atoms with Crippen molar-refractivity contribution in [2.45, 2.75) is 6.92 Å². The van der Waals surface area contributed by atoms with Crippen LogP contribution in [0.25, 0.3) is 0 Å². The summed E-state index contributed by atoms with van der Waals surface area (Å²) >= 11 is 0. The molecule has 2 rings (SSSR count). The zero-order chi connectivity index (χ0) is 13.8. The highest BCUT2D eigenvalue weighted by molar-refractivity contribution is 5.97. The Hall–Kier alpha value is -2.63. The van der Waals surface area contributed by atoms with Crippen LogP contribution in [0.1, 0.15) is 16.1 Å². The number of hydrogen-bond acceptors (Lipinski definition) is 6. The van der Waals surface area contributed by atoms with Crippen LogP contribution in [0.15, 0.2) is 30.6 Å². The van der Waals surface area contributed by atoms with Crippen LogP contribution in [-0.4, -0.2) is 23.0 Å². The standard InChI is InChI=1S/C13H14N4O2/c1-8-3-4-9(7-16-8)17-12-11(14)10(5-6-15-12)13(18)19-2/h3-7H,14H2,1-2H3,(H,15,17). The summed E-state index contributed by atoms with van der Waals surface area (Å²) in [4.78, 5) is 19.8. The van der Waals surface area contributed by atoms with Crippen molar-refractivity contribution in [1.82, 2.24) is 9.97 Å². The number of esters is 1. The number of aromatic nitrogens is 2. The second-order valence-electron chi connectivity index (χ2n) is 3.93. The van der Waals surface area contributed by atoms with Gasteiger partial charge in [-0.2, -0.15) is 0 Å². The molecule has 0 unspecified atom stereocenters. The van der Waals surface area contributed by atoms with Crippen LogP contribution < -0.4 is 11.1 Å². The normalized spacial score (nSPS) is 10.0. The van der Waals surface area contributed by atoms with Crippen molar-refractivity contribution in [1.29, 1.82) is 0 Å². The zero-order valence-electron chi connectivity index (χ0n) is 10.7. The molecule has 6 nitrogen and oxygen atoms in total. The molecule has 0 atom stereocenters. The minimum absolute atomic E-state index is 0.245. The van der Waals surface area contributed by atoms with Crippen LogP contribution in [0.2, 0.25) is 0 Å². The van der Waals surface area contributed by atoms with Crippen LogP contribution in [0.3, 0.4) is 0 Å². The molecule has 2 aromatic heterocycles. The van der Waals surface area contributed by atoms with Crippen molar-refractivity contribution >= 4 is 23.2 Å². The Balaban J connectivity index is 2.30. The maximum atomic E-state index is 11.5. The van der Waals surface area contributed by atoms with E-state index in [-0.39, 0.29) is 11.3 Å². The van der Waals surface area contributed by atoms with Gasteiger partial charge in [0.05, 0.1) is 30.2 Å². The van der Waals surface area contributed by atoms with Gasteiger partial charge in [-0.15, -0.1) is 0 Å². The molecular formula is C13H14N4O2. The lowest BCUT2D eigenvalue weighted by molar-refractivity contribution is 0.0602. The van der Waals surface area contributed by atoms with E-state index in [9.17, 15) is 4.79 Å². The third-order valence-corrected chi connectivity index (χ3v) is 2.57. The summed E-state index contributed by atoms with van der Waals surface area (Å²) in [7, 11) is 1.30. The van der Waals surface area contributed by atoms with Crippen LogP contribution in [0.5, 0.6) is 0 Å². The van der Waals surface area contributed by atoms with Crippen molar-refractivity contribution in [2.24, 2.45) is 0 Å². The summed E-state index contributed by atoms with van der Waals surface area (Å²) in [6.45, 7) is 1.90. The zero-order valence-corrected chi connectivity index (χ0v) is 10.7. The Morgan fingerprint density at radius 3 is 2.74 bits per heavy atom. The SMILES string of the molecule is COC(=O)c1ccnc(Nc2ccc(C)nc2)c1N. The molecule has 2 heterocycles. The van der Waals surface area contributed by atoms with Gasteiger partial charge >= 0.3 is 5.97 Å². The lowest BCUT2D eigenvalue weighted by Crippen LogP contribution is -2.09. The Labute approximate surface area is 110 Å². The summed E-state index contributed by atoms with van der Waals surface area (Å²) in [6.07, 6.45) is 3.16. The molecule has 0 spiro atoms. The molecule has 0 aromatic carbocycles. The first kappa shape index (κ1) is 12.8. The number of hydrogen-bond donors (Lipinski definition) is 2. The minimum atomic E-state index is -0.495. The lowest BCUT2D eigenvalue weighted by atomic mass is 10.2. The molecule has 0 amide bonds. The number of rotatable bonds is 3. The highest BCUT2D eigenvalue weighted by Gasteiger charge is 2.13. The number of ether oxygens (including phenoxy) is 1. The van der Waals surface area contributed by atoms with E-state index in [4.69, 9.17) is 5.73 Å². The van der Waals surface area contributed by atoms with Crippen LogP contribution in [-0.2, 0) is 4.74 Å². The van der Waals surface area contributed by atoms with Crippen molar-refractivity contribution in [3.63, 3.8) is 0 Å². The average Bonchev–Trinajstić information content (AvgIpc) is 2.43. The van der Waals surface area contributed by atoms with Gasteiger partial charge in [-0.3, -0.25) is 4.98 Å². The van der Waals surface area contributed by atoms with Gasteiger partial charge in [0, 0.05) is 11.9 Å². The number of nitrogens with two attached hydrogens (primary N) is 1. The van der Waals surface area contributed by atoms with Crippen molar-refractivity contribution in [3.8, 4) is 0 Å². The number of anilines is 3. The second kappa shape index (κ2) is 5.34. The molecule has 19 heavy (non-hydrogen) atoms. The number of nitrogen functional groups attached to an aromatic ring is 1. The van der Waals surface area contributed by atoms with Crippen LogP contribution >= 0.6 is 0 Å². The smallest absolute Gasteiger partial charge is 0.340 e. The number of carbonyl (C=O) groups is 1. The summed E-state index contributed by atoms with van der Waals surface area (Å²) < 4.78 is 4.65. The Morgan fingerprint density at radius 1 is 1.32 bits per heavy atom. The molecular weight excluding hydrogens is 244 g/mol. The first-order valence-corrected chi connectivity index (χ1v) is 5.64. The summed E-state index contributed by atoms with van der Waals surface area (Å²) in [5, 5.41) is 3.01. The third-order valence-electron chi connectivity index (χ3n) is 2.57. The maximum absolute atomic E-state index is 11.5. The topological polar surface area (TPSA) is 90.1 Å². The molecule has 6 heteroatoms. The monoisotopic (exact) mass is 258 g/mol. The van der Waals surface area contributed by atoms with Gasteiger partial charge in [0.1, 0.15) is 0 Å². The number of methoxy groups -OCH3 is 1.